The van der Waals surface area contributed by atoms with E-state index in [-0.39, 0.29) is 11.8 Å². The van der Waals surface area contributed by atoms with E-state index >= 15 is 0 Å². The molecule has 2 heterocycles. The van der Waals surface area contributed by atoms with E-state index in [2.05, 4.69) is 39.1 Å². The summed E-state index contributed by atoms with van der Waals surface area (Å²) in [5, 5.41) is 3.10. The molecule has 0 bridgehead atoms. The van der Waals surface area contributed by atoms with E-state index in [0.29, 0.717) is 5.56 Å². The number of carbonyl (C=O) groups excluding carboxylic acids is 2. The molecule has 2 aromatic carbocycles. The van der Waals surface area contributed by atoms with Gasteiger partial charge in [0.05, 0.1) is 0 Å². The lowest BCUT2D eigenvalue weighted by molar-refractivity contribution is -0.120. The van der Waals surface area contributed by atoms with Crippen LogP contribution in [0, 0.1) is 5.92 Å². The van der Waals surface area contributed by atoms with Crippen molar-refractivity contribution in [3.05, 3.63) is 54.1 Å². The number of likely N-dealkylation sites (N-methyl/N-ethyl adjacent to an activating group) is 1. The molecule has 2 aromatic rings. The normalized spacial score (nSPS) is 18.1. The Labute approximate surface area is 184 Å². The first-order valence-corrected chi connectivity index (χ1v) is 11.3. The van der Waals surface area contributed by atoms with Crippen LogP contribution in [0.4, 0.5) is 17.1 Å². The molecular weight excluding hydrogens is 388 g/mol. The molecule has 0 saturated carbocycles. The van der Waals surface area contributed by atoms with Crippen LogP contribution in [-0.4, -0.2) is 62.9 Å². The van der Waals surface area contributed by atoms with Gasteiger partial charge in [-0.1, -0.05) is 6.92 Å². The van der Waals surface area contributed by atoms with Crippen molar-refractivity contribution >= 4 is 29.3 Å². The zero-order chi connectivity index (χ0) is 21.6. The van der Waals surface area contributed by atoms with Crippen LogP contribution in [0.3, 0.4) is 0 Å². The van der Waals surface area contributed by atoms with Crippen LogP contribution >= 0.6 is 0 Å². The minimum atomic E-state index is 0.0345. The Morgan fingerprint density at radius 3 is 1.97 bits per heavy atom. The molecule has 6 heteroatoms. The number of nitrogens with one attached hydrogen (secondary N) is 1. The second-order valence-electron chi connectivity index (χ2n) is 8.43. The molecule has 4 rings (SSSR count). The molecule has 2 fully saturated rings. The van der Waals surface area contributed by atoms with Gasteiger partial charge in [0, 0.05) is 67.8 Å². The van der Waals surface area contributed by atoms with Crippen LogP contribution in [0.5, 0.6) is 0 Å². The second-order valence-corrected chi connectivity index (χ2v) is 8.43. The first-order valence-electron chi connectivity index (χ1n) is 11.3. The number of benzene rings is 2. The number of amides is 1. The van der Waals surface area contributed by atoms with Gasteiger partial charge in [-0.3, -0.25) is 9.59 Å². The number of nitrogens with zero attached hydrogens (tertiary/aromatic N) is 3. The maximum absolute atomic E-state index is 12.8. The monoisotopic (exact) mass is 420 g/mol. The smallest absolute Gasteiger partial charge is 0.227 e. The van der Waals surface area contributed by atoms with Gasteiger partial charge >= 0.3 is 0 Å². The van der Waals surface area contributed by atoms with Gasteiger partial charge in [-0.15, -0.1) is 0 Å². The number of hydrogen-bond acceptors (Lipinski definition) is 5. The summed E-state index contributed by atoms with van der Waals surface area (Å²) in [7, 11) is 0. The quantitative estimate of drug-likeness (QED) is 0.725. The predicted octanol–water partition coefficient (Wildman–Crippen LogP) is 3.50. The van der Waals surface area contributed by atoms with Crippen LogP contribution in [0.2, 0.25) is 0 Å². The summed E-state index contributed by atoms with van der Waals surface area (Å²) in [6.07, 6.45) is 2.53. The van der Waals surface area contributed by atoms with E-state index in [0.717, 1.165) is 76.3 Å². The fourth-order valence-electron chi connectivity index (χ4n) is 4.49. The molecule has 6 nitrogen and oxygen atoms in total. The molecule has 31 heavy (non-hydrogen) atoms. The van der Waals surface area contributed by atoms with Crippen molar-refractivity contribution in [2.45, 2.75) is 19.8 Å². The lowest BCUT2D eigenvalue weighted by Gasteiger charge is -2.35. The lowest BCUT2D eigenvalue weighted by atomic mass is 9.95. The molecular formula is C25H32N4O2. The fourth-order valence-corrected chi connectivity index (χ4v) is 4.49. The molecule has 0 radical (unpaired) electrons. The summed E-state index contributed by atoms with van der Waals surface area (Å²) in [6.45, 7) is 9.34. The van der Waals surface area contributed by atoms with Crippen molar-refractivity contribution in [3.8, 4) is 0 Å². The number of aldehydes is 1. The van der Waals surface area contributed by atoms with Gasteiger partial charge in [0.2, 0.25) is 5.91 Å². The Hall–Kier alpha value is -2.86. The molecule has 2 aliphatic heterocycles. The molecule has 0 aliphatic carbocycles. The highest BCUT2D eigenvalue weighted by Gasteiger charge is 2.25. The van der Waals surface area contributed by atoms with Crippen molar-refractivity contribution in [2.24, 2.45) is 5.92 Å². The third-order valence-electron chi connectivity index (χ3n) is 6.58. The highest BCUT2D eigenvalue weighted by atomic mass is 16.1. The summed E-state index contributed by atoms with van der Waals surface area (Å²) in [5.41, 5.74) is 3.89. The highest BCUT2D eigenvalue weighted by molar-refractivity contribution is 5.93. The minimum absolute atomic E-state index is 0.0345. The maximum Gasteiger partial charge on any atom is 0.227 e. The van der Waals surface area contributed by atoms with E-state index in [1.807, 2.05) is 36.4 Å². The SMILES string of the molecule is CCN1CCN(c2ccc(NC(=O)C3CCN(c4ccc(C=O)cc4)CC3)cc2)CC1. The minimum Gasteiger partial charge on any atom is -0.371 e. The van der Waals surface area contributed by atoms with Crippen molar-refractivity contribution in [1.82, 2.24) is 4.90 Å². The van der Waals surface area contributed by atoms with Crippen molar-refractivity contribution in [3.63, 3.8) is 0 Å². The molecule has 1 amide bonds. The van der Waals surface area contributed by atoms with E-state index in [9.17, 15) is 9.59 Å². The molecule has 0 aromatic heterocycles. The highest BCUT2D eigenvalue weighted by Crippen LogP contribution is 2.25. The summed E-state index contributed by atoms with van der Waals surface area (Å²) in [4.78, 5) is 30.8. The number of piperidine rings is 1. The molecule has 0 atom stereocenters. The molecule has 164 valence electrons. The van der Waals surface area contributed by atoms with E-state index in [1.54, 1.807) is 0 Å². The zero-order valence-electron chi connectivity index (χ0n) is 18.3. The van der Waals surface area contributed by atoms with Crippen LogP contribution in [0.1, 0.15) is 30.1 Å². The van der Waals surface area contributed by atoms with Gasteiger partial charge in [0.25, 0.3) is 0 Å². The standard InChI is InChI=1S/C25H32N4O2/c1-2-27-15-17-29(18-16-27)24-9-5-22(6-10-24)26-25(31)21-11-13-28(14-12-21)23-7-3-20(19-30)4-8-23/h3-10,19,21H,2,11-18H2,1H3,(H,26,31). The predicted molar refractivity (Wildman–Crippen MR) is 126 cm³/mol. The van der Waals surface area contributed by atoms with Crippen molar-refractivity contribution in [1.29, 1.82) is 0 Å². The maximum atomic E-state index is 12.8. The molecule has 0 spiro atoms. The van der Waals surface area contributed by atoms with Gasteiger partial charge in [-0.25, -0.2) is 0 Å². The average Bonchev–Trinajstić information content (AvgIpc) is 2.85. The second kappa shape index (κ2) is 9.96. The number of rotatable bonds is 6. The fraction of sp³-hybridized carbons (Fsp3) is 0.440. The van der Waals surface area contributed by atoms with Gasteiger partial charge in [-0.2, -0.15) is 0 Å². The van der Waals surface area contributed by atoms with Crippen LogP contribution in [0.15, 0.2) is 48.5 Å². The summed E-state index contributed by atoms with van der Waals surface area (Å²) in [5.74, 6) is 0.146. The summed E-state index contributed by atoms with van der Waals surface area (Å²) in [6, 6.07) is 15.9. The Morgan fingerprint density at radius 1 is 0.871 bits per heavy atom. The number of hydrogen-bond donors (Lipinski definition) is 1. The van der Waals surface area contributed by atoms with Crippen LogP contribution in [-0.2, 0) is 4.79 Å². The topological polar surface area (TPSA) is 55.9 Å². The Kier molecular flexibility index (Phi) is 6.87. The van der Waals surface area contributed by atoms with Gasteiger partial charge in [-0.05, 0) is 67.9 Å². The largest absolute Gasteiger partial charge is 0.371 e. The third kappa shape index (κ3) is 5.25. The number of anilines is 3. The van der Waals surface area contributed by atoms with E-state index < -0.39 is 0 Å². The third-order valence-corrected chi connectivity index (χ3v) is 6.58. The summed E-state index contributed by atoms with van der Waals surface area (Å²) < 4.78 is 0. The van der Waals surface area contributed by atoms with Gasteiger partial charge < -0.3 is 20.0 Å². The Bertz CT molecular complexity index is 865. The first kappa shape index (κ1) is 21.4. The lowest BCUT2D eigenvalue weighted by Crippen LogP contribution is -2.46. The van der Waals surface area contributed by atoms with Crippen molar-refractivity contribution < 1.29 is 9.59 Å². The number of carbonyl (C=O) groups is 2. The average molecular weight is 421 g/mol. The molecule has 0 unspecified atom stereocenters. The Morgan fingerprint density at radius 2 is 1.42 bits per heavy atom. The number of piperazine rings is 1. The summed E-state index contributed by atoms with van der Waals surface area (Å²) >= 11 is 0. The van der Waals surface area contributed by atoms with Crippen molar-refractivity contribution in [2.75, 3.05) is 60.9 Å². The van der Waals surface area contributed by atoms with E-state index in [1.165, 1.54) is 5.69 Å². The van der Waals surface area contributed by atoms with Crippen LogP contribution < -0.4 is 15.1 Å². The molecule has 1 N–H and O–H groups in total. The van der Waals surface area contributed by atoms with Gasteiger partial charge in [0.1, 0.15) is 6.29 Å². The van der Waals surface area contributed by atoms with E-state index in [4.69, 9.17) is 0 Å². The molecule has 2 saturated heterocycles. The van der Waals surface area contributed by atoms with Crippen LogP contribution in [0.25, 0.3) is 0 Å². The first-order chi connectivity index (χ1) is 15.2. The molecule has 2 aliphatic rings. The zero-order valence-corrected chi connectivity index (χ0v) is 18.3. The van der Waals surface area contributed by atoms with Gasteiger partial charge in [0.15, 0.2) is 0 Å². The Balaban J connectivity index is 1.26.